The molecule has 0 amide bonds. The van der Waals surface area contributed by atoms with E-state index in [0.29, 0.717) is 18.7 Å². The molecule has 0 fully saturated rings. The van der Waals surface area contributed by atoms with Gasteiger partial charge in [-0.2, -0.15) is 0 Å². The van der Waals surface area contributed by atoms with Crippen molar-refractivity contribution in [3.63, 3.8) is 0 Å². The number of oxazole rings is 1. The molecular weight excluding hydrogens is 390 g/mol. The summed E-state index contributed by atoms with van der Waals surface area (Å²) < 4.78 is 5.70. The van der Waals surface area contributed by atoms with Gasteiger partial charge in [-0.3, -0.25) is 4.79 Å². The summed E-state index contributed by atoms with van der Waals surface area (Å²) in [6.07, 6.45) is 8.60. The largest absolute Gasteiger partial charge is 0.481 e. The molecule has 2 heterocycles. The Morgan fingerprint density at radius 2 is 1.90 bits per heavy atom. The summed E-state index contributed by atoms with van der Waals surface area (Å²) in [5.41, 5.74) is 1.94. The molecule has 1 aromatic carbocycles. The second-order valence-electron chi connectivity index (χ2n) is 7.76. The average molecular weight is 422 g/mol. The van der Waals surface area contributed by atoms with Crippen molar-refractivity contribution >= 4 is 11.8 Å². The molecule has 3 aromatic rings. The molecule has 6 nitrogen and oxygen atoms in total. The first-order valence-corrected chi connectivity index (χ1v) is 11.0. The molecule has 0 aliphatic rings. The van der Waals surface area contributed by atoms with Gasteiger partial charge in [-0.25, -0.2) is 9.97 Å². The number of benzene rings is 1. The van der Waals surface area contributed by atoms with Crippen LogP contribution < -0.4 is 5.32 Å². The maximum atomic E-state index is 11.8. The van der Waals surface area contributed by atoms with Crippen LogP contribution in [-0.2, 0) is 17.6 Å². The minimum atomic E-state index is -0.776. The zero-order valence-corrected chi connectivity index (χ0v) is 18.0. The highest BCUT2D eigenvalue weighted by Gasteiger charge is 2.29. The lowest BCUT2D eigenvalue weighted by atomic mass is 9.82. The molecule has 2 unspecified atom stereocenters. The SMILES string of the molecule is CCC(C(=O)O)C(Cc1nc(CCCCCNc2ccccn2)co1)c1ccccc1. The van der Waals surface area contributed by atoms with E-state index in [1.165, 1.54) is 0 Å². The number of pyridine rings is 1. The van der Waals surface area contributed by atoms with Crippen LogP contribution in [0.3, 0.4) is 0 Å². The number of anilines is 1. The molecule has 0 saturated carbocycles. The highest BCUT2D eigenvalue weighted by molar-refractivity contribution is 5.71. The molecule has 0 bridgehead atoms. The normalized spacial score (nSPS) is 12.9. The third-order valence-electron chi connectivity index (χ3n) is 5.54. The lowest BCUT2D eigenvalue weighted by Gasteiger charge is -2.22. The first-order chi connectivity index (χ1) is 15.2. The lowest BCUT2D eigenvalue weighted by Crippen LogP contribution is -2.23. The van der Waals surface area contributed by atoms with E-state index < -0.39 is 11.9 Å². The van der Waals surface area contributed by atoms with Gasteiger partial charge in [-0.05, 0) is 43.4 Å². The van der Waals surface area contributed by atoms with Gasteiger partial charge in [0.1, 0.15) is 12.1 Å². The number of unbranched alkanes of at least 4 members (excludes halogenated alkanes) is 2. The molecule has 6 heteroatoms. The Hall–Kier alpha value is -3.15. The van der Waals surface area contributed by atoms with E-state index in [1.807, 2.05) is 55.5 Å². The predicted octanol–water partition coefficient (Wildman–Crippen LogP) is 5.33. The zero-order valence-electron chi connectivity index (χ0n) is 18.0. The number of carboxylic acid groups (broad SMARTS) is 1. The first-order valence-electron chi connectivity index (χ1n) is 11.0. The van der Waals surface area contributed by atoms with Crippen LogP contribution in [0.1, 0.15) is 55.7 Å². The van der Waals surface area contributed by atoms with Gasteiger partial charge in [0.25, 0.3) is 0 Å². The Bertz CT molecular complexity index is 912. The van der Waals surface area contributed by atoms with Crippen molar-refractivity contribution in [2.45, 2.75) is 51.4 Å². The van der Waals surface area contributed by atoms with E-state index in [-0.39, 0.29) is 5.92 Å². The zero-order chi connectivity index (χ0) is 21.9. The molecule has 2 atom stereocenters. The number of carboxylic acids is 1. The number of hydrogen-bond donors (Lipinski definition) is 2. The molecule has 31 heavy (non-hydrogen) atoms. The van der Waals surface area contributed by atoms with Crippen molar-refractivity contribution in [1.29, 1.82) is 0 Å². The summed E-state index contributed by atoms with van der Waals surface area (Å²) in [7, 11) is 0. The van der Waals surface area contributed by atoms with Crippen LogP contribution in [0.2, 0.25) is 0 Å². The van der Waals surface area contributed by atoms with E-state index in [2.05, 4.69) is 15.3 Å². The van der Waals surface area contributed by atoms with E-state index in [4.69, 9.17) is 4.42 Å². The van der Waals surface area contributed by atoms with Gasteiger partial charge in [0.2, 0.25) is 0 Å². The fourth-order valence-corrected chi connectivity index (χ4v) is 3.86. The van der Waals surface area contributed by atoms with Crippen molar-refractivity contribution < 1.29 is 14.3 Å². The van der Waals surface area contributed by atoms with E-state index >= 15 is 0 Å². The van der Waals surface area contributed by atoms with Gasteiger partial charge < -0.3 is 14.8 Å². The minimum absolute atomic E-state index is 0.159. The van der Waals surface area contributed by atoms with E-state index in [1.54, 1.807) is 12.5 Å². The second kappa shape index (κ2) is 11.9. The van der Waals surface area contributed by atoms with Crippen LogP contribution in [-0.4, -0.2) is 27.6 Å². The summed E-state index contributed by atoms with van der Waals surface area (Å²) in [5.74, 6) is 0.114. The number of carbonyl (C=O) groups is 1. The molecule has 2 N–H and O–H groups in total. The highest BCUT2D eigenvalue weighted by atomic mass is 16.4. The van der Waals surface area contributed by atoms with Crippen LogP contribution in [0.15, 0.2) is 65.4 Å². The molecule has 0 aliphatic heterocycles. The van der Waals surface area contributed by atoms with Crippen molar-refractivity contribution in [2.75, 3.05) is 11.9 Å². The molecule has 0 aliphatic carbocycles. The summed E-state index contributed by atoms with van der Waals surface area (Å²) in [6, 6.07) is 15.6. The number of hydrogen-bond acceptors (Lipinski definition) is 5. The number of nitrogens with one attached hydrogen (secondary N) is 1. The molecule has 0 radical (unpaired) electrons. The number of aryl methyl sites for hydroxylation is 1. The molecule has 2 aromatic heterocycles. The summed E-state index contributed by atoms with van der Waals surface area (Å²) in [4.78, 5) is 20.7. The second-order valence-corrected chi connectivity index (χ2v) is 7.76. The third kappa shape index (κ3) is 6.95. The Morgan fingerprint density at radius 1 is 1.10 bits per heavy atom. The summed E-state index contributed by atoms with van der Waals surface area (Å²) in [5, 5.41) is 13.0. The highest BCUT2D eigenvalue weighted by Crippen LogP contribution is 2.31. The van der Waals surface area contributed by atoms with Crippen LogP contribution >= 0.6 is 0 Å². The monoisotopic (exact) mass is 421 g/mol. The number of aromatic nitrogens is 2. The molecule has 0 spiro atoms. The fraction of sp³-hybridized carbons (Fsp3) is 0.400. The predicted molar refractivity (Wildman–Crippen MR) is 121 cm³/mol. The quantitative estimate of drug-likeness (QED) is 0.363. The molecule has 164 valence electrons. The van der Waals surface area contributed by atoms with Crippen molar-refractivity contribution in [1.82, 2.24) is 9.97 Å². The fourth-order valence-electron chi connectivity index (χ4n) is 3.86. The Morgan fingerprint density at radius 3 is 2.61 bits per heavy atom. The maximum absolute atomic E-state index is 11.8. The maximum Gasteiger partial charge on any atom is 0.307 e. The van der Waals surface area contributed by atoms with Crippen molar-refractivity contribution in [2.24, 2.45) is 5.92 Å². The van der Waals surface area contributed by atoms with E-state index in [0.717, 1.165) is 49.3 Å². The topological polar surface area (TPSA) is 88.2 Å². The average Bonchev–Trinajstić information content (AvgIpc) is 3.24. The number of aliphatic carboxylic acids is 1. The number of nitrogens with zero attached hydrogens (tertiary/aromatic N) is 2. The first kappa shape index (κ1) is 22.5. The van der Waals surface area contributed by atoms with Crippen molar-refractivity contribution in [3.8, 4) is 0 Å². The standard InChI is InChI=1S/C25H31N3O3/c1-2-21(25(29)30)22(19-11-5-3-6-12-19)17-24-28-20(18-31-24)13-7-4-9-15-26-23-14-8-10-16-27-23/h3,5-6,8,10-12,14,16,18,21-22H,2,4,7,9,13,15,17H2,1H3,(H,26,27)(H,29,30). The Labute approximate surface area is 183 Å². The van der Waals surface area contributed by atoms with Gasteiger partial charge in [0.05, 0.1) is 11.6 Å². The Kier molecular flexibility index (Phi) is 8.64. The van der Waals surface area contributed by atoms with Gasteiger partial charge in [-0.15, -0.1) is 0 Å². The molecule has 3 rings (SSSR count). The van der Waals surface area contributed by atoms with Gasteiger partial charge in [-0.1, -0.05) is 49.7 Å². The van der Waals surface area contributed by atoms with Crippen molar-refractivity contribution in [3.05, 3.63) is 78.1 Å². The summed E-state index contributed by atoms with van der Waals surface area (Å²) in [6.45, 7) is 2.81. The lowest BCUT2D eigenvalue weighted by molar-refractivity contribution is -0.142. The molecular formula is C25H31N3O3. The Balaban J connectivity index is 1.48. The van der Waals surface area contributed by atoms with Gasteiger partial charge >= 0.3 is 5.97 Å². The van der Waals surface area contributed by atoms with Crippen LogP contribution in [0.5, 0.6) is 0 Å². The van der Waals surface area contributed by atoms with Crippen LogP contribution in [0, 0.1) is 5.92 Å². The molecule has 0 saturated heterocycles. The number of rotatable bonds is 13. The summed E-state index contributed by atoms with van der Waals surface area (Å²) >= 11 is 0. The smallest absolute Gasteiger partial charge is 0.307 e. The van der Waals surface area contributed by atoms with E-state index in [9.17, 15) is 9.90 Å². The third-order valence-corrected chi connectivity index (χ3v) is 5.54. The van der Waals surface area contributed by atoms with Gasteiger partial charge in [0, 0.05) is 25.1 Å². The minimum Gasteiger partial charge on any atom is -0.481 e. The van der Waals surface area contributed by atoms with Gasteiger partial charge in [0.15, 0.2) is 5.89 Å². The van der Waals surface area contributed by atoms with Crippen LogP contribution in [0.4, 0.5) is 5.82 Å². The van der Waals surface area contributed by atoms with Crippen LogP contribution in [0.25, 0.3) is 0 Å².